The maximum atomic E-state index is 12.7. The molecular formula is C15H22N4O6. The smallest absolute Gasteiger partial charge is 0.330 e. The van der Waals surface area contributed by atoms with Crippen LogP contribution in [0.1, 0.15) is 43.4 Å². The highest BCUT2D eigenvalue weighted by Gasteiger charge is 2.66. The number of carboxylic acids is 1. The largest absolute Gasteiger partial charge is 0.479 e. The van der Waals surface area contributed by atoms with Gasteiger partial charge in [0.2, 0.25) is 5.69 Å². The number of nitrogens with zero attached hydrogens (tertiary/aromatic N) is 3. The molecule has 25 heavy (non-hydrogen) atoms. The van der Waals surface area contributed by atoms with Crippen molar-refractivity contribution in [3.8, 4) is 0 Å². The van der Waals surface area contributed by atoms with E-state index in [-0.39, 0.29) is 23.9 Å². The Morgan fingerprint density at radius 2 is 2.12 bits per heavy atom. The van der Waals surface area contributed by atoms with E-state index in [0.717, 1.165) is 4.68 Å². The van der Waals surface area contributed by atoms with E-state index in [1.165, 1.54) is 14.0 Å². The van der Waals surface area contributed by atoms with E-state index in [0.29, 0.717) is 6.61 Å². The molecule has 10 nitrogen and oxygen atoms in total. The summed E-state index contributed by atoms with van der Waals surface area (Å²) in [6, 6.07) is 0. The second-order valence-corrected chi connectivity index (χ2v) is 6.70. The lowest BCUT2D eigenvalue weighted by Crippen LogP contribution is -2.76. The van der Waals surface area contributed by atoms with Gasteiger partial charge in [-0.2, -0.15) is 5.10 Å². The normalized spacial score (nSPS) is 24.4. The molecule has 0 bridgehead atoms. The second kappa shape index (κ2) is 6.10. The number of rotatable bonds is 6. The average molecular weight is 354 g/mol. The van der Waals surface area contributed by atoms with Crippen LogP contribution in [-0.2, 0) is 16.6 Å². The molecule has 1 aliphatic rings. The van der Waals surface area contributed by atoms with E-state index in [1.54, 1.807) is 20.8 Å². The first-order valence-electron chi connectivity index (χ1n) is 7.85. The summed E-state index contributed by atoms with van der Waals surface area (Å²) in [7, 11) is 1.40. The fourth-order valence-corrected chi connectivity index (χ4v) is 3.41. The van der Waals surface area contributed by atoms with E-state index < -0.39 is 33.4 Å². The number of hydrogen-bond acceptors (Lipinski definition) is 6. The van der Waals surface area contributed by atoms with Gasteiger partial charge in [0, 0.05) is 25.5 Å². The van der Waals surface area contributed by atoms with Crippen LogP contribution in [0.15, 0.2) is 0 Å². The van der Waals surface area contributed by atoms with Crippen LogP contribution in [0, 0.1) is 22.5 Å². The molecule has 138 valence electrons. The van der Waals surface area contributed by atoms with Crippen molar-refractivity contribution in [1.29, 1.82) is 0 Å². The Morgan fingerprint density at radius 3 is 2.56 bits per heavy atom. The van der Waals surface area contributed by atoms with Crippen molar-refractivity contribution in [1.82, 2.24) is 15.1 Å². The van der Waals surface area contributed by atoms with Crippen LogP contribution in [0.2, 0.25) is 0 Å². The molecule has 1 aliphatic carbocycles. The monoisotopic (exact) mass is 354 g/mol. The summed E-state index contributed by atoms with van der Waals surface area (Å²) in [6.07, 6.45) is -0.253. The maximum Gasteiger partial charge on any atom is 0.330 e. The standard InChI is InChI=1S/C15H22N4O6/c1-6-25-9-7-15(13(21)22,14(9,3)4)16-12(20)11-10(19(23)24)8(2)17-18(11)5/h9H,6-7H2,1-5H3,(H,16,20)(H,21,22). The third-order valence-corrected chi connectivity index (χ3v) is 5.04. The van der Waals surface area contributed by atoms with Crippen LogP contribution in [0.4, 0.5) is 5.69 Å². The summed E-state index contributed by atoms with van der Waals surface area (Å²) in [6.45, 7) is 7.02. The Bertz CT molecular complexity index is 741. The fourth-order valence-electron chi connectivity index (χ4n) is 3.41. The minimum atomic E-state index is -1.57. The van der Waals surface area contributed by atoms with Crippen LogP contribution in [-0.4, -0.2) is 49.9 Å². The summed E-state index contributed by atoms with van der Waals surface area (Å²) < 4.78 is 6.62. The van der Waals surface area contributed by atoms with Gasteiger partial charge in [-0.1, -0.05) is 13.8 Å². The second-order valence-electron chi connectivity index (χ2n) is 6.70. The first-order chi connectivity index (χ1) is 11.5. The van der Waals surface area contributed by atoms with Crippen molar-refractivity contribution in [3.05, 3.63) is 21.5 Å². The van der Waals surface area contributed by atoms with Crippen molar-refractivity contribution in [3.63, 3.8) is 0 Å². The number of nitro groups is 1. The molecule has 1 amide bonds. The lowest BCUT2D eigenvalue weighted by atomic mass is 9.54. The van der Waals surface area contributed by atoms with Gasteiger partial charge in [-0.25, -0.2) is 4.79 Å². The number of aliphatic carboxylic acids is 1. The predicted molar refractivity (Wildman–Crippen MR) is 86.2 cm³/mol. The molecule has 0 aliphatic heterocycles. The van der Waals surface area contributed by atoms with Gasteiger partial charge in [0.15, 0.2) is 0 Å². The molecular weight excluding hydrogens is 332 g/mol. The van der Waals surface area contributed by atoms with Gasteiger partial charge < -0.3 is 15.2 Å². The zero-order valence-electron chi connectivity index (χ0n) is 14.8. The predicted octanol–water partition coefficient (Wildman–Crippen LogP) is 1.02. The van der Waals surface area contributed by atoms with Gasteiger partial charge >= 0.3 is 11.7 Å². The molecule has 1 aromatic heterocycles. The Morgan fingerprint density at radius 1 is 1.52 bits per heavy atom. The van der Waals surface area contributed by atoms with Crippen molar-refractivity contribution in [2.45, 2.75) is 45.8 Å². The third-order valence-electron chi connectivity index (χ3n) is 5.04. The number of aromatic nitrogens is 2. The number of ether oxygens (including phenoxy) is 1. The molecule has 10 heteroatoms. The molecule has 1 saturated carbocycles. The fraction of sp³-hybridized carbons (Fsp3) is 0.667. The van der Waals surface area contributed by atoms with Crippen LogP contribution < -0.4 is 5.32 Å². The number of nitrogens with one attached hydrogen (secondary N) is 1. The number of carbonyl (C=O) groups is 2. The van der Waals surface area contributed by atoms with E-state index in [4.69, 9.17) is 4.74 Å². The van der Waals surface area contributed by atoms with Gasteiger partial charge in [0.1, 0.15) is 11.2 Å². The van der Waals surface area contributed by atoms with Crippen LogP contribution in [0.3, 0.4) is 0 Å². The summed E-state index contributed by atoms with van der Waals surface area (Å²) in [5.74, 6) is -2.05. The number of amides is 1. The van der Waals surface area contributed by atoms with Gasteiger partial charge in [-0.15, -0.1) is 0 Å². The quantitative estimate of drug-likeness (QED) is 0.575. The molecule has 0 saturated heterocycles. The summed E-state index contributed by atoms with van der Waals surface area (Å²) in [4.78, 5) is 35.2. The highest BCUT2D eigenvalue weighted by atomic mass is 16.6. The Hall–Kier alpha value is -2.49. The molecule has 0 spiro atoms. The van der Waals surface area contributed by atoms with Gasteiger partial charge in [-0.3, -0.25) is 19.6 Å². The minimum Gasteiger partial charge on any atom is -0.479 e. The Labute approximate surface area is 144 Å². The SMILES string of the molecule is CCOC1CC(NC(=O)c2c([N+](=O)[O-])c(C)nn2C)(C(=O)O)C1(C)C. The number of aryl methyl sites for hydroxylation is 2. The van der Waals surface area contributed by atoms with Crippen LogP contribution in [0.25, 0.3) is 0 Å². The first-order valence-corrected chi connectivity index (χ1v) is 7.85. The summed E-state index contributed by atoms with van der Waals surface area (Å²) >= 11 is 0. The lowest BCUT2D eigenvalue weighted by molar-refractivity contribution is -0.385. The number of hydrogen-bond donors (Lipinski definition) is 2. The zero-order valence-corrected chi connectivity index (χ0v) is 14.8. The Kier molecular flexibility index (Phi) is 4.60. The van der Waals surface area contributed by atoms with E-state index in [2.05, 4.69) is 10.4 Å². The van der Waals surface area contributed by atoms with Crippen LogP contribution >= 0.6 is 0 Å². The molecule has 2 unspecified atom stereocenters. The third kappa shape index (κ3) is 2.66. The lowest BCUT2D eigenvalue weighted by Gasteiger charge is -2.58. The van der Waals surface area contributed by atoms with Crippen molar-refractivity contribution >= 4 is 17.6 Å². The van der Waals surface area contributed by atoms with Crippen LogP contribution in [0.5, 0.6) is 0 Å². The first kappa shape index (κ1) is 18.8. The van der Waals surface area contributed by atoms with Crippen molar-refractivity contribution in [2.75, 3.05) is 6.61 Å². The molecule has 1 heterocycles. The van der Waals surface area contributed by atoms with E-state index >= 15 is 0 Å². The molecule has 1 aromatic rings. The molecule has 0 radical (unpaired) electrons. The highest BCUT2D eigenvalue weighted by Crippen LogP contribution is 2.51. The molecule has 1 fully saturated rings. The van der Waals surface area contributed by atoms with Crippen molar-refractivity contribution in [2.24, 2.45) is 12.5 Å². The van der Waals surface area contributed by atoms with E-state index in [9.17, 15) is 24.8 Å². The number of carboxylic acid groups (broad SMARTS) is 1. The van der Waals surface area contributed by atoms with Crippen molar-refractivity contribution < 1.29 is 24.4 Å². The van der Waals surface area contributed by atoms with E-state index in [1.807, 2.05) is 0 Å². The minimum absolute atomic E-state index is 0.0829. The summed E-state index contributed by atoms with van der Waals surface area (Å²) in [5.41, 5.74) is -3.08. The average Bonchev–Trinajstić information content (AvgIpc) is 2.79. The molecule has 2 atom stereocenters. The topological polar surface area (TPSA) is 137 Å². The molecule has 2 rings (SSSR count). The Balaban J connectivity index is 2.39. The molecule has 2 N–H and O–H groups in total. The summed E-state index contributed by atoms with van der Waals surface area (Å²) in [5, 5.41) is 27.4. The van der Waals surface area contributed by atoms with Gasteiger partial charge in [0.25, 0.3) is 5.91 Å². The van der Waals surface area contributed by atoms with Gasteiger partial charge in [0.05, 0.1) is 11.0 Å². The molecule has 0 aromatic carbocycles. The maximum absolute atomic E-state index is 12.7. The highest BCUT2D eigenvalue weighted by molar-refractivity contribution is 6.00. The number of carbonyl (C=O) groups excluding carboxylic acids is 1. The zero-order chi connectivity index (χ0) is 19.2. The van der Waals surface area contributed by atoms with Gasteiger partial charge in [-0.05, 0) is 13.8 Å².